The van der Waals surface area contributed by atoms with Gasteiger partial charge >= 0.3 is 0 Å². The number of para-hydroxylation sites is 1. The summed E-state index contributed by atoms with van der Waals surface area (Å²) in [5, 5.41) is 0. The van der Waals surface area contributed by atoms with E-state index in [1.165, 1.54) is 25.7 Å². The van der Waals surface area contributed by atoms with E-state index in [-0.39, 0.29) is 5.78 Å². The molecule has 0 N–H and O–H groups in total. The lowest BCUT2D eigenvalue weighted by Crippen LogP contribution is -2.29. The van der Waals surface area contributed by atoms with Crippen molar-refractivity contribution in [2.75, 3.05) is 19.6 Å². The Labute approximate surface area is 157 Å². The summed E-state index contributed by atoms with van der Waals surface area (Å²) in [5.74, 6) is 2.56. The zero-order valence-electron chi connectivity index (χ0n) is 15.7. The van der Waals surface area contributed by atoms with E-state index in [1.807, 2.05) is 54.6 Å². The van der Waals surface area contributed by atoms with E-state index in [1.54, 1.807) is 0 Å². The van der Waals surface area contributed by atoms with Crippen molar-refractivity contribution in [3.8, 4) is 11.5 Å². The summed E-state index contributed by atoms with van der Waals surface area (Å²) in [6, 6.07) is 17.2. The van der Waals surface area contributed by atoms with Gasteiger partial charge in [0.1, 0.15) is 11.5 Å². The van der Waals surface area contributed by atoms with Gasteiger partial charge in [-0.25, -0.2) is 0 Å². The summed E-state index contributed by atoms with van der Waals surface area (Å²) in [6.45, 7) is 5.35. The fourth-order valence-corrected chi connectivity index (χ4v) is 3.10. The minimum absolute atomic E-state index is 0.195. The number of carbonyl (C=O) groups is 1. The lowest BCUT2D eigenvalue weighted by atomic mass is 10.1. The van der Waals surface area contributed by atoms with Crippen LogP contribution in [0.3, 0.4) is 0 Å². The van der Waals surface area contributed by atoms with Crippen LogP contribution in [0.2, 0.25) is 0 Å². The number of nitrogens with zero attached hydrogens (tertiary/aromatic N) is 1. The Morgan fingerprint density at radius 1 is 1.04 bits per heavy atom. The van der Waals surface area contributed by atoms with Crippen LogP contribution in [0.15, 0.2) is 54.6 Å². The molecule has 26 heavy (non-hydrogen) atoms. The molecule has 138 valence electrons. The third-order valence-corrected chi connectivity index (χ3v) is 4.83. The van der Waals surface area contributed by atoms with Crippen LogP contribution in [-0.4, -0.2) is 30.3 Å². The molecule has 0 radical (unpaired) electrons. The van der Waals surface area contributed by atoms with Crippen LogP contribution in [0.1, 0.15) is 49.4 Å². The number of ketones is 1. The molecule has 0 bridgehead atoms. The fourth-order valence-electron chi connectivity index (χ4n) is 3.10. The van der Waals surface area contributed by atoms with Crippen molar-refractivity contribution in [2.24, 2.45) is 5.92 Å². The van der Waals surface area contributed by atoms with Crippen LogP contribution in [0.5, 0.6) is 11.5 Å². The van der Waals surface area contributed by atoms with Gasteiger partial charge in [-0.2, -0.15) is 0 Å². The number of hydrogen-bond acceptors (Lipinski definition) is 3. The van der Waals surface area contributed by atoms with Crippen molar-refractivity contribution < 1.29 is 9.53 Å². The van der Waals surface area contributed by atoms with Crippen molar-refractivity contribution in [3.05, 3.63) is 60.2 Å². The van der Waals surface area contributed by atoms with Gasteiger partial charge in [-0.3, -0.25) is 4.79 Å². The maximum absolute atomic E-state index is 12.6. The van der Waals surface area contributed by atoms with Crippen LogP contribution < -0.4 is 4.74 Å². The van der Waals surface area contributed by atoms with E-state index < -0.39 is 0 Å². The largest absolute Gasteiger partial charge is 0.457 e. The Kier molecular flexibility index (Phi) is 6.84. The van der Waals surface area contributed by atoms with E-state index in [9.17, 15) is 4.79 Å². The number of hydrogen-bond donors (Lipinski definition) is 0. The van der Waals surface area contributed by atoms with E-state index >= 15 is 0 Å². The molecule has 0 heterocycles. The fraction of sp³-hybridized carbons (Fsp3) is 0.435. The first-order valence-electron chi connectivity index (χ1n) is 9.83. The summed E-state index contributed by atoms with van der Waals surface area (Å²) in [5.41, 5.74) is 0.736. The second kappa shape index (κ2) is 9.54. The molecule has 0 saturated heterocycles. The zero-order chi connectivity index (χ0) is 18.2. The molecule has 2 aromatic carbocycles. The summed E-state index contributed by atoms with van der Waals surface area (Å²) < 4.78 is 5.85. The lowest BCUT2D eigenvalue weighted by Gasteiger charge is -2.21. The molecule has 1 aliphatic rings. The smallest absolute Gasteiger partial charge is 0.164 e. The Bertz CT molecular complexity index is 694. The van der Waals surface area contributed by atoms with Crippen LogP contribution in [0.25, 0.3) is 0 Å². The molecule has 0 amide bonds. The van der Waals surface area contributed by atoms with Crippen LogP contribution >= 0.6 is 0 Å². The maximum atomic E-state index is 12.6. The van der Waals surface area contributed by atoms with Gasteiger partial charge in [-0.05, 0) is 56.0 Å². The summed E-state index contributed by atoms with van der Waals surface area (Å²) in [6.07, 6.45) is 5.70. The average molecular weight is 351 g/mol. The van der Waals surface area contributed by atoms with Crippen molar-refractivity contribution in [3.63, 3.8) is 0 Å². The molecule has 0 aromatic heterocycles. The number of ether oxygens (including phenoxy) is 1. The van der Waals surface area contributed by atoms with E-state index in [2.05, 4.69) is 11.8 Å². The van der Waals surface area contributed by atoms with Crippen LogP contribution in [0, 0.1) is 5.92 Å². The Morgan fingerprint density at radius 3 is 2.54 bits per heavy atom. The van der Waals surface area contributed by atoms with Crippen molar-refractivity contribution in [1.82, 2.24) is 4.90 Å². The molecule has 0 unspecified atom stereocenters. The molecule has 3 heteroatoms. The highest BCUT2D eigenvalue weighted by Gasteiger charge is 2.24. The molecule has 0 spiro atoms. The summed E-state index contributed by atoms with van der Waals surface area (Å²) in [4.78, 5) is 15.1. The number of benzene rings is 2. The SMILES string of the molecule is CCCCN(CCC(=O)c1cccc(Oc2ccccc2)c1)CC1CC1. The Balaban J connectivity index is 1.55. The molecular weight excluding hydrogens is 322 g/mol. The normalized spacial score (nSPS) is 13.8. The molecule has 1 saturated carbocycles. The van der Waals surface area contributed by atoms with Gasteiger partial charge in [0.25, 0.3) is 0 Å². The minimum atomic E-state index is 0.195. The van der Waals surface area contributed by atoms with Crippen molar-refractivity contribution >= 4 is 5.78 Å². The molecule has 2 aromatic rings. The second-order valence-corrected chi connectivity index (χ2v) is 7.21. The first-order valence-corrected chi connectivity index (χ1v) is 9.83. The Morgan fingerprint density at radius 2 is 1.81 bits per heavy atom. The molecule has 3 nitrogen and oxygen atoms in total. The zero-order valence-corrected chi connectivity index (χ0v) is 15.7. The monoisotopic (exact) mass is 351 g/mol. The minimum Gasteiger partial charge on any atom is -0.457 e. The number of unbranched alkanes of at least 4 members (excludes halogenated alkanes) is 1. The van der Waals surface area contributed by atoms with E-state index in [4.69, 9.17) is 4.74 Å². The molecule has 1 fully saturated rings. The average Bonchev–Trinajstić information content (AvgIpc) is 3.49. The predicted molar refractivity (Wildman–Crippen MR) is 106 cm³/mol. The van der Waals surface area contributed by atoms with Gasteiger partial charge in [-0.15, -0.1) is 0 Å². The van der Waals surface area contributed by atoms with Gasteiger partial charge in [-0.1, -0.05) is 43.7 Å². The van der Waals surface area contributed by atoms with Gasteiger partial charge in [0, 0.05) is 25.1 Å². The topological polar surface area (TPSA) is 29.5 Å². The summed E-state index contributed by atoms with van der Waals surface area (Å²) >= 11 is 0. The number of Topliss-reactive ketones (excluding diaryl/α,β-unsaturated/α-hetero) is 1. The first kappa shape index (κ1) is 18.7. The van der Waals surface area contributed by atoms with Crippen LogP contribution in [-0.2, 0) is 0 Å². The van der Waals surface area contributed by atoms with E-state index in [0.29, 0.717) is 12.2 Å². The van der Waals surface area contributed by atoms with Crippen molar-refractivity contribution in [2.45, 2.75) is 39.0 Å². The maximum Gasteiger partial charge on any atom is 0.164 e. The molecule has 3 rings (SSSR count). The van der Waals surface area contributed by atoms with Gasteiger partial charge < -0.3 is 9.64 Å². The molecule has 1 aliphatic carbocycles. The van der Waals surface area contributed by atoms with Crippen LogP contribution in [0.4, 0.5) is 0 Å². The summed E-state index contributed by atoms with van der Waals surface area (Å²) in [7, 11) is 0. The highest BCUT2D eigenvalue weighted by Crippen LogP contribution is 2.30. The lowest BCUT2D eigenvalue weighted by molar-refractivity contribution is 0.0962. The third-order valence-electron chi connectivity index (χ3n) is 4.83. The Hall–Kier alpha value is -2.13. The van der Waals surface area contributed by atoms with Gasteiger partial charge in [0.05, 0.1) is 0 Å². The van der Waals surface area contributed by atoms with Gasteiger partial charge in [0.2, 0.25) is 0 Å². The number of carbonyl (C=O) groups excluding carboxylic acids is 1. The van der Waals surface area contributed by atoms with E-state index in [0.717, 1.165) is 36.9 Å². The predicted octanol–water partition coefficient (Wildman–Crippen LogP) is 5.56. The highest BCUT2D eigenvalue weighted by molar-refractivity contribution is 5.96. The first-order chi connectivity index (χ1) is 12.7. The third kappa shape index (κ3) is 5.99. The molecule has 0 aliphatic heterocycles. The second-order valence-electron chi connectivity index (χ2n) is 7.21. The quantitative estimate of drug-likeness (QED) is 0.496. The van der Waals surface area contributed by atoms with Crippen molar-refractivity contribution in [1.29, 1.82) is 0 Å². The standard InChI is InChI=1S/C23H29NO2/c1-2-3-15-24(18-19-12-13-19)16-14-23(25)20-8-7-11-22(17-20)26-21-9-5-4-6-10-21/h4-11,17,19H,2-3,12-16,18H2,1H3. The highest BCUT2D eigenvalue weighted by atomic mass is 16.5. The molecule has 0 atom stereocenters. The van der Waals surface area contributed by atoms with Gasteiger partial charge in [0.15, 0.2) is 5.78 Å². The molecular formula is C23H29NO2. The number of rotatable bonds is 11.